The van der Waals surface area contributed by atoms with Crippen molar-refractivity contribution in [1.29, 1.82) is 0 Å². The molecule has 5 atom stereocenters. The van der Waals surface area contributed by atoms with E-state index in [0.717, 1.165) is 22.3 Å². The number of anilines is 3. The monoisotopic (exact) mass is 1140 g/mol. The predicted octanol–water partition coefficient (Wildman–Crippen LogP) is 3.49. The third kappa shape index (κ3) is 16.4. The number of aromatic amines is 1. The first-order valence-electron chi connectivity index (χ1n) is 26.2. The fourth-order valence-corrected chi connectivity index (χ4v) is 9.11. The molecule has 3 aliphatic heterocycles. The van der Waals surface area contributed by atoms with Crippen LogP contribution in [-0.2, 0) is 39.9 Å². The molecule has 12 N–H and O–H groups in total. The summed E-state index contributed by atoms with van der Waals surface area (Å²) in [5.74, 6) is -3.97. The number of alkyl halides is 1. The highest BCUT2D eigenvalue weighted by Crippen LogP contribution is 2.42. The Kier molecular flexibility index (Phi) is 22.2. The van der Waals surface area contributed by atoms with Gasteiger partial charge < -0.3 is 72.3 Å². The van der Waals surface area contributed by atoms with E-state index < -0.39 is 72.2 Å². The van der Waals surface area contributed by atoms with Crippen molar-refractivity contribution in [1.82, 2.24) is 31.2 Å². The van der Waals surface area contributed by atoms with Gasteiger partial charge >= 0.3 is 12.0 Å². The third-order valence-electron chi connectivity index (χ3n) is 13.1. The summed E-state index contributed by atoms with van der Waals surface area (Å²) >= 11 is 4.64. The number of hydrogen-bond acceptors (Lipinski definition) is 14. The number of aliphatic carboxylic acids is 1. The zero-order valence-corrected chi connectivity index (χ0v) is 45.8. The first-order chi connectivity index (χ1) is 38.8. The van der Waals surface area contributed by atoms with Gasteiger partial charge in [0.05, 0.1) is 24.4 Å². The molecule has 1 saturated heterocycles. The van der Waals surface area contributed by atoms with E-state index in [0.29, 0.717) is 76.3 Å². The molecule has 5 aromatic rings. The number of ether oxygens (including phenoxy) is 2. The van der Waals surface area contributed by atoms with Gasteiger partial charge in [0.25, 0.3) is 23.6 Å². The van der Waals surface area contributed by atoms with Crippen LogP contribution in [0.25, 0.3) is 21.7 Å². The molecule has 24 nitrogen and oxygen atoms in total. The van der Waals surface area contributed by atoms with E-state index in [2.05, 4.69) is 48.5 Å². The highest BCUT2D eigenvalue weighted by atomic mass is 35.5. The average Bonchev–Trinajstić information content (AvgIpc) is 4.23. The number of nitrogens with two attached hydrogens (primary N) is 1. The van der Waals surface area contributed by atoms with E-state index in [1.54, 1.807) is 47.4 Å². The minimum atomic E-state index is -1.69. The summed E-state index contributed by atoms with van der Waals surface area (Å²) in [4.78, 5) is 116. The molecule has 0 saturated carbocycles. The Morgan fingerprint density at radius 3 is 2.19 bits per heavy atom. The highest BCUT2D eigenvalue weighted by molar-refractivity contribution is 6.15. The molecule has 0 spiro atoms. The molecule has 0 bridgehead atoms. The molecule has 432 valence electrons. The molecule has 1 fully saturated rings. The number of H-pyrrole nitrogens is 1. The Morgan fingerprint density at radius 2 is 1.53 bits per heavy atom. The fraction of sp³-hybridized carbons (Fsp3) is 0.375. The van der Waals surface area contributed by atoms with E-state index in [-0.39, 0.29) is 56.8 Å². The van der Waals surface area contributed by atoms with Crippen LogP contribution in [0.3, 0.4) is 0 Å². The predicted molar refractivity (Wildman–Crippen MR) is 302 cm³/mol. The van der Waals surface area contributed by atoms with Crippen molar-refractivity contribution in [3.63, 3.8) is 0 Å². The van der Waals surface area contributed by atoms with Crippen LogP contribution in [0.2, 0.25) is 0 Å². The lowest BCUT2D eigenvalue weighted by atomic mass is 10.0. The van der Waals surface area contributed by atoms with E-state index in [1.807, 2.05) is 45.0 Å². The molecule has 0 aliphatic carbocycles. The van der Waals surface area contributed by atoms with Crippen LogP contribution in [-0.4, -0.2) is 155 Å². The maximum absolute atomic E-state index is 14.2. The molecule has 1 aromatic heterocycles. The van der Waals surface area contributed by atoms with Crippen molar-refractivity contribution in [3.05, 3.63) is 108 Å². The number of amides is 9. The van der Waals surface area contributed by atoms with Gasteiger partial charge in [0, 0.05) is 103 Å². The molecule has 3 aliphatic rings. The Bertz CT molecular complexity index is 3130. The summed E-state index contributed by atoms with van der Waals surface area (Å²) in [5.41, 5.74) is 8.34. The summed E-state index contributed by atoms with van der Waals surface area (Å²) in [6.45, 7) is 7.02. The van der Waals surface area contributed by atoms with Gasteiger partial charge in [0.1, 0.15) is 17.5 Å². The third-order valence-corrected chi connectivity index (χ3v) is 13.1. The molecular formula is C56H67ClN10O14. The van der Waals surface area contributed by atoms with Crippen molar-refractivity contribution in [3.8, 4) is 5.75 Å². The van der Waals surface area contributed by atoms with Crippen molar-refractivity contribution in [2.45, 2.75) is 83.5 Å². The van der Waals surface area contributed by atoms with Crippen molar-refractivity contribution < 1.29 is 67.9 Å². The summed E-state index contributed by atoms with van der Waals surface area (Å²) in [5, 5.41) is 48.7. The molecular weight excluding hydrogens is 1070 g/mol. The van der Waals surface area contributed by atoms with Crippen LogP contribution in [0.1, 0.15) is 72.9 Å². The standard InChI is InChI=1S/C51H54N8O13.C4H10N2O.CH3Cl/c1-27(2)45(53-19-18-52-40(61)8-5-20-59-42(63)15-16-43(59)64)49(67)54-26-41(62)55-30-11-9-28(10-12-30)48(66)56-31-13-14-35-29(22-31)23-36(57-35)50(68)58-21-17-33-32-6-3-4-7-34(32)39(24-37(33)58)71-44-25-38(60)46(65)47(72-44)51(69)70;1-2-3-6-4(5)7;1-2/h3-4,6-7,9-16,22-24,27,38,44-47,53,57,60,65H,5,8,17-21,25-26H2,1-2H3,(H,52,61)(H,54,67)(H,55,62)(H,56,66)(H,69,70);2-3H2,1H3,(H3,5,6,7);1H3/t38-,44+,45?,46+,47+;;/m1../s1. The number of fused-ring (bicyclic) bond motifs is 4. The number of benzene rings is 4. The summed E-state index contributed by atoms with van der Waals surface area (Å²) in [6.07, 6.45) is -0.304. The Labute approximate surface area is 471 Å². The normalized spacial score (nSPS) is 17.5. The van der Waals surface area contributed by atoms with Gasteiger partial charge in [-0.3, -0.25) is 38.5 Å². The van der Waals surface area contributed by atoms with E-state index in [4.69, 9.17) is 15.2 Å². The first kappa shape index (κ1) is 61.8. The highest BCUT2D eigenvalue weighted by Gasteiger charge is 2.42. The van der Waals surface area contributed by atoms with Crippen LogP contribution in [0, 0.1) is 5.92 Å². The van der Waals surface area contributed by atoms with Gasteiger partial charge in [-0.1, -0.05) is 45.0 Å². The number of rotatable bonds is 21. The number of primary amides is 1. The molecule has 0 radical (unpaired) electrons. The number of aliphatic hydroxyl groups is 2. The second kappa shape index (κ2) is 29.2. The van der Waals surface area contributed by atoms with Gasteiger partial charge in [-0.15, -0.1) is 11.6 Å². The maximum atomic E-state index is 14.2. The zero-order valence-electron chi connectivity index (χ0n) is 45.1. The second-order valence-corrected chi connectivity index (χ2v) is 19.2. The summed E-state index contributed by atoms with van der Waals surface area (Å²) in [6, 6.07) is 21.1. The van der Waals surface area contributed by atoms with Crippen LogP contribution in [0.5, 0.6) is 5.75 Å². The smallest absolute Gasteiger partial charge is 0.335 e. The van der Waals surface area contributed by atoms with Crippen LogP contribution in [0.15, 0.2) is 91.0 Å². The van der Waals surface area contributed by atoms with Crippen LogP contribution >= 0.6 is 11.6 Å². The maximum Gasteiger partial charge on any atom is 0.335 e. The van der Waals surface area contributed by atoms with Crippen molar-refractivity contribution >= 4 is 104 Å². The molecule has 4 aromatic carbocycles. The number of halogens is 1. The summed E-state index contributed by atoms with van der Waals surface area (Å²) in [7, 11) is 0. The number of urea groups is 1. The molecule has 8 rings (SSSR count). The molecule has 9 amide bonds. The van der Waals surface area contributed by atoms with Gasteiger partial charge in [-0.25, -0.2) is 9.59 Å². The van der Waals surface area contributed by atoms with E-state index in [9.17, 15) is 58.5 Å². The number of nitrogens with zero attached hydrogens (tertiary/aromatic N) is 2. The van der Waals surface area contributed by atoms with E-state index in [1.165, 1.54) is 30.7 Å². The second-order valence-electron chi connectivity index (χ2n) is 19.2. The zero-order chi connectivity index (χ0) is 58.9. The number of imide groups is 1. The molecule has 1 unspecified atom stereocenters. The van der Waals surface area contributed by atoms with Crippen LogP contribution in [0.4, 0.5) is 21.9 Å². The van der Waals surface area contributed by atoms with Crippen molar-refractivity contribution in [2.24, 2.45) is 11.7 Å². The fourth-order valence-electron chi connectivity index (χ4n) is 9.11. The lowest BCUT2D eigenvalue weighted by Gasteiger charge is -2.35. The SMILES string of the molecule is CC(C)C(NCCNC(=O)CCCN1C(=O)C=CC1=O)C(=O)NCC(=O)Nc1ccc(C(=O)Nc2ccc3[nH]c(C(=O)N4CCc5c4cc(O[C@@H]4C[C@@H](O)[C@H](O)[C@@H](C(=O)O)O4)c4ccccc54)cc3c2)cc1.CCCNC(N)=O.CCl. The molecule has 81 heavy (non-hydrogen) atoms. The van der Waals surface area contributed by atoms with Crippen LogP contribution < -0.4 is 47.3 Å². The first-order valence-corrected chi connectivity index (χ1v) is 26.9. The number of carbonyl (C=O) groups excluding carboxylic acids is 8. The topological polar surface area (TPSA) is 353 Å². The van der Waals surface area contributed by atoms with Gasteiger partial charge in [-0.2, -0.15) is 0 Å². The number of hydrogen-bond donors (Lipinski definition) is 11. The van der Waals surface area contributed by atoms with E-state index >= 15 is 0 Å². The largest absolute Gasteiger partial charge is 0.479 e. The van der Waals surface area contributed by atoms with Gasteiger partial charge in [0.15, 0.2) is 6.10 Å². The number of aliphatic hydroxyl groups excluding tert-OH is 2. The number of nitrogens with one attached hydrogen (secondary N) is 7. The summed E-state index contributed by atoms with van der Waals surface area (Å²) < 4.78 is 11.7. The minimum absolute atomic E-state index is 0.120. The lowest BCUT2D eigenvalue weighted by molar-refractivity contribution is -0.228. The van der Waals surface area contributed by atoms with Crippen molar-refractivity contribution in [2.75, 3.05) is 61.2 Å². The number of carbonyl (C=O) groups is 9. The van der Waals surface area contributed by atoms with Gasteiger partial charge in [0.2, 0.25) is 24.0 Å². The minimum Gasteiger partial charge on any atom is -0.479 e. The Balaban J connectivity index is 0.00000109. The molecule has 4 heterocycles. The number of aromatic nitrogens is 1. The number of carboxylic acid groups (broad SMARTS) is 1. The lowest BCUT2D eigenvalue weighted by Crippen LogP contribution is -2.53. The Hall–Kier alpha value is -8.42. The Morgan fingerprint density at radius 1 is 0.840 bits per heavy atom. The molecule has 25 heteroatoms. The average molecular weight is 1140 g/mol. The van der Waals surface area contributed by atoms with Gasteiger partial charge in [-0.05, 0) is 84.7 Å². The number of carboxylic acids is 1. The quantitative estimate of drug-likeness (QED) is 0.0285.